The van der Waals surface area contributed by atoms with Crippen LogP contribution in [0, 0.1) is 0 Å². The Labute approximate surface area is 109 Å². The molecule has 0 radical (unpaired) electrons. The van der Waals surface area contributed by atoms with Crippen molar-refractivity contribution in [3.8, 4) is 0 Å². The van der Waals surface area contributed by atoms with Gasteiger partial charge in [-0.2, -0.15) is 11.8 Å². The van der Waals surface area contributed by atoms with Gasteiger partial charge in [-0.05, 0) is 36.6 Å². The fraction of sp³-hybridized carbons (Fsp3) is 0.600. The Bertz CT molecular complexity index is 335. The third-order valence-electron chi connectivity index (χ3n) is 3.91. The van der Waals surface area contributed by atoms with Crippen LogP contribution in [0.3, 0.4) is 0 Å². The molecule has 0 unspecified atom stereocenters. The molecule has 0 saturated heterocycles. The maximum atomic E-state index is 3.61. The van der Waals surface area contributed by atoms with Crippen LogP contribution in [0.25, 0.3) is 0 Å². The van der Waals surface area contributed by atoms with Crippen LogP contribution in [0.4, 0.5) is 0 Å². The summed E-state index contributed by atoms with van der Waals surface area (Å²) >= 11 is 2.04. The molecule has 1 aromatic rings. The van der Waals surface area contributed by atoms with E-state index in [1.165, 1.54) is 30.4 Å². The van der Waals surface area contributed by atoms with Crippen molar-refractivity contribution >= 4 is 11.8 Å². The van der Waals surface area contributed by atoms with E-state index in [1.807, 2.05) is 11.8 Å². The Balaban J connectivity index is 1.77. The van der Waals surface area contributed by atoms with Crippen molar-refractivity contribution in [1.82, 2.24) is 5.32 Å². The first kappa shape index (κ1) is 13.0. The van der Waals surface area contributed by atoms with E-state index in [-0.39, 0.29) is 0 Å². The molecule has 1 fully saturated rings. The number of rotatable bonds is 6. The van der Waals surface area contributed by atoms with Gasteiger partial charge < -0.3 is 5.32 Å². The molecule has 94 valence electrons. The molecular weight excluding hydrogens is 226 g/mol. The average Bonchev–Trinajstić information content (AvgIpc) is 2.33. The minimum Gasteiger partial charge on any atom is -0.311 e. The minimum absolute atomic E-state index is 0.545. The highest BCUT2D eigenvalue weighted by Gasteiger charge is 2.35. The highest BCUT2D eigenvalue weighted by atomic mass is 32.2. The maximum absolute atomic E-state index is 3.61. The van der Waals surface area contributed by atoms with E-state index in [0.717, 1.165) is 19.5 Å². The summed E-state index contributed by atoms with van der Waals surface area (Å²) in [6.45, 7) is 4.36. The molecule has 1 N–H and O–H groups in total. The molecule has 0 atom stereocenters. The van der Waals surface area contributed by atoms with Gasteiger partial charge in [0.25, 0.3) is 0 Å². The Morgan fingerprint density at radius 3 is 2.29 bits per heavy atom. The molecule has 1 aliphatic carbocycles. The van der Waals surface area contributed by atoms with E-state index >= 15 is 0 Å². The largest absolute Gasteiger partial charge is 0.311 e. The van der Waals surface area contributed by atoms with Gasteiger partial charge in [0, 0.05) is 17.8 Å². The van der Waals surface area contributed by atoms with Gasteiger partial charge in [0.2, 0.25) is 0 Å². The van der Waals surface area contributed by atoms with Crippen LogP contribution in [-0.4, -0.2) is 17.5 Å². The van der Waals surface area contributed by atoms with Gasteiger partial charge in [0.1, 0.15) is 0 Å². The smallest absolute Gasteiger partial charge is 0.0281 e. The van der Waals surface area contributed by atoms with E-state index < -0.39 is 0 Å². The van der Waals surface area contributed by atoms with Crippen molar-refractivity contribution in [1.29, 1.82) is 0 Å². The first-order chi connectivity index (χ1) is 8.28. The second kappa shape index (κ2) is 5.92. The van der Waals surface area contributed by atoms with E-state index in [0.29, 0.717) is 4.75 Å². The number of hydrogen-bond donors (Lipinski definition) is 1. The average molecular weight is 249 g/mol. The number of hydrogen-bond acceptors (Lipinski definition) is 2. The lowest BCUT2D eigenvalue weighted by molar-refractivity contribution is 0.345. The maximum Gasteiger partial charge on any atom is 0.0281 e. The van der Waals surface area contributed by atoms with Crippen LogP contribution in [0.1, 0.15) is 37.3 Å². The van der Waals surface area contributed by atoms with Crippen molar-refractivity contribution < 1.29 is 0 Å². The molecule has 0 amide bonds. The zero-order valence-corrected chi connectivity index (χ0v) is 11.8. The topological polar surface area (TPSA) is 12.0 Å². The fourth-order valence-electron chi connectivity index (χ4n) is 2.35. The minimum atomic E-state index is 0.545. The monoisotopic (exact) mass is 249 g/mol. The highest BCUT2D eigenvalue weighted by Crippen LogP contribution is 2.42. The highest BCUT2D eigenvalue weighted by molar-refractivity contribution is 8.00. The van der Waals surface area contributed by atoms with Crippen LogP contribution in [0.2, 0.25) is 0 Å². The van der Waals surface area contributed by atoms with Crippen molar-refractivity contribution in [3.05, 3.63) is 35.4 Å². The third kappa shape index (κ3) is 3.26. The lowest BCUT2D eigenvalue weighted by Crippen LogP contribution is -2.43. The van der Waals surface area contributed by atoms with Crippen LogP contribution < -0.4 is 5.32 Å². The van der Waals surface area contributed by atoms with Gasteiger partial charge in [-0.15, -0.1) is 0 Å². The summed E-state index contributed by atoms with van der Waals surface area (Å²) in [6, 6.07) is 8.98. The SMILES string of the molecule is CCc1ccc(CNCC2(SC)CCC2)cc1. The van der Waals surface area contributed by atoms with Gasteiger partial charge in [0.15, 0.2) is 0 Å². The molecule has 0 bridgehead atoms. The van der Waals surface area contributed by atoms with Crippen LogP contribution in [0.15, 0.2) is 24.3 Å². The van der Waals surface area contributed by atoms with Crippen molar-refractivity contribution in [2.75, 3.05) is 12.8 Å². The molecule has 1 aromatic carbocycles. The normalized spacial score (nSPS) is 17.8. The number of aryl methyl sites for hydroxylation is 1. The first-order valence-corrected chi connectivity index (χ1v) is 7.84. The van der Waals surface area contributed by atoms with E-state index in [1.54, 1.807) is 0 Å². The van der Waals surface area contributed by atoms with Crippen LogP contribution in [0.5, 0.6) is 0 Å². The number of nitrogens with one attached hydrogen (secondary N) is 1. The molecule has 0 heterocycles. The Morgan fingerprint density at radius 1 is 1.18 bits per heavy atom. The molecule has 2 rings (SSSR count). The van der Waals surface area contributed by atoms with E-state index in [4.69, 9.17) is 0 Å². The summed E-state index contributed by atoms with van der Waals surface area (Å²) in [6.07, 6.45) is 7.56. The Kier molecular flexibility index (Phi) is 4.52. The predicted molar refractivity (Wildman–Crippen MR) is 77.6 cm³/mol. The predicted octanol–water partition coefficient (Wildman–Crippen LogP) is 3.62. The molecule has 0 aromatic heterocycles. The Morgan fingerprint density at radius 2 is 1.82 bits per heavy atom. The van der Waals surface area contributed by atoms with Gasteiger partial charge >= 0.3 is 0 Å². The zero-order valence-electron chi connectivity index (χ0n) is 11.0. The van der Waals surface area contributed by atoms with Crippen molar-refractivity contribution in [2.24, 2.45) is 0 Å². The van der Waals surface area contributed by atoms with E-state index in [9.17, 15) is 0 Å². The molecule has 1 saturated carbocycles. The molecule has 0 aliphatic heterocycles. The molecule has 0 spiro atoms. The summed E-state index contributed by atoms with van der Waals surface area (Å²) in [5.74, 6) is 0. The fourth-order valence-corrected chi connectivity index (χ4v) is 3.29. The number of thioether (sulfide) groups is 1. The lowest BCUT2D eigenvalue weighted by atomic mass is 9.84. The van der Waals surface area contributed by atoms with Gasteiger partial charge in [-0.1, -0.05) is 37.6 Å². The van der Waals surface area contributed by atoms with Gasteiger partial charge in [-0.25, -0.2) is 0 Å². The quantitative estimate of drug-likeness (QED) is 0.826. The second-order valence-corrected chi connectivity index (χ2v) is 6.29. The van der Waals surface area contributed by atoms with Crippen molar-refractivity contribution in [2.45, 2.75) is 43.9 Å². The molecule has 17 heavy (non-hydrogen) atoms. The van der Waals surface area contributed by atoms with E-state index in [2.05, 4.69) is 42.8 Å². The molecule has 2 heteroatoms. The summed E-state index contributed by atoms with van der Waals surface area (Å²) in [5, 5.41) is 3.61. The summed E-state index contributed by atoms with van der Waals surface area (Å²) in [7, 11) is 0. The molecular formula is C15H23NS. The lowest BCUT2D eigenvalue weighted by Gasteiger charge is -2.40. The van der Waals surface area contributed by atoms with Gasteiger partial charge in [0.05, 0.1) is 0 Å². The number of benzene rings is 1. The zero-order chi connectivity index (χ0) is 12.1. The summed E-state index contributed by atoms with van der Waals surface area (Å²) in [4.78, 5) is 0. The first-order valence-electron chi connectivity index (χ1n) is 6.62. The van der Waals surface area contributed by atoms with Gasteiger partial charge in [-0.3, -0.25) is 0 Å². The van der Waals surface area contributed by atoms with Crippen molar-refractivity contribution in [3.63, 3.8) is 0 Å². The molecule has 1 nitrogen and oxygen atoms in total. The third-order valence-corrected chi connectivity index (χ3v) is 5.32. The standard InChI is InChI=1S/C15H23NS/c1-3-13-5-7-14(8-6-13)11-16-12-15(17-2)9-4-10-15/h5-8,16H,3-4,9-12H2,1-2H3. The Hall–Kier alpha value is -0.470. The summed E-state index contributed by atoms with van der Waals surface area (Å²) in [5.41, 5.74) is 2.83. The van der Waals surface area contributed by atoms with Crippen LogP contribution in [-0.2, 0) is 13.0 Å². The van der Waals surface area contributed by atoms with Crippen LogP contribution >= 0.6 is 11.8 Å². The summed E-state index contributed by atoms with van der Waals surface area (Å²) < 4.78 is 0.545. The second-order valence-electron chi connectivity index (χ2n) is 5.01. The molecule has 1 aliphatic rings.